The summed E-state index contributed by atoms with van der Waals surface area (Å²) in [5.74, 6) is -1.24. The van der Waals surface area contributed by atoms with Gasteiger partial charge in [0.15, 0.2) is 0 Å². The Morgan fingerprint density at radius 3 is 2.02 bits per heavy atom. The van der Waals surface area contributed by atoms with Gasteiger partial charge in [0.25, 0.3) is 10.0 Å². The molecule has 48 heavy (non-hydrogen) atoms. The lowest BCUT2D eigenvalue weighted by Crippen LogP contribution is -2.54. The van der Waals surface area contributed by atoms with Crippen molar-refractivity contribution in [3.05, 3.63) is 130 Å². The summed E-state index contributed by atoms with van der Waals surface area (Å²) in [7, 11) is -4.60. The number of hydrogen-bond acceptors (Lipinski definition) is 4. The number of sulfonamides is 1. The first-order valence-corrected chi connectivity index (χ1v) is 17.2. The first kappa shape index (κ1) is 36.5. The van der Waals surface area contributed by atoms with Gasteiger partial charge >= 0.3 is 6.18 Å². The van der Waals surface area contributed by atoms with Gasteiger partial charge in [0.2, 0.25) is 11.8 Å². The molecular formula is C36H37ClF3N3O4S. The number of aryl methyl sites for hydroxylation is 1. The first-order valence-electron chi connectivity index (χ1n) is 15.3. The maximum atomic E-state index is 14.5. The van der Waals surface area contributed by atoms with Crippen LogP contribution in [-0.2, 0) is 38.8 Å². The zero-order chi connectivity index (χ0) is 35.1. The van der Waals surface area contributed by atoms with Crippen LogP contribution in [0.15, 0.2) is 108 Å². The number of halogens is 4. The van der Waals surface area contributed by atoms with E-state index in [-0.39, 0.29) is 23.9 Å². The van der Waals surface area contributed by atoms with Crippen LogP contribution in [-0.4, -0.2) is 43.8 Å². The molecule has 1 N–H and O–H groups in total. The molecule has 0 aromatic heterocycles. The van der Waals surface area contributed by atoms with Gasteiger partial charge in [-0.1, -0.05) is 96.9 Å². The predicted octanol–water partition coefficient (Wildman–Crippen LogP) is 7.42. The highest BCUT2D eigenvalue weighted by molar-refractivity contribution is 7.92. The maximum absolute atomic E-state index is 14.5. The number of amides is 2. The lowest BCUT2D eigenvalue weighted by molar-refractivity contribution is -0.140. The van der Waals surface area contributed by atoms with Gasteiger partial charge in [0.05, 0.1) is 21.2 Å². The van der Waals surface area contributed by atoms with E-state index < -0.39 is 56.9 Å². The summed E-state index contributed by atoms with van der Waals surface area (Å²) in [5, 5.41) is 2.32. The summed E-state index contributed by atoms with van der Waals surface area (Å²) in [6.07, 6.45) is -4.17. The number of nitrogens with zero attached hydrogens (tertiary/aromatic N) is 2. The highest BCUT2D eigenvalue weighted by Crippen LogP contribution is 2.38. The molecule has 0 aliphatic carbocycles. The number of hydrogen-bond donors (Lipinski definition) is 1. The zero-order valence-corrected chi connectivity index (χ0v) is 28.3. The Labute approximate surface area is 284 Å². The van der Waals surface area contributed by atoms with Crippen molar-refractivity contribution in [3.8, 4) is 0 Å². The third-order valence-electron chi connectivity index (χ3n) is 7.90. The fourth-order valence-electron chi connectivity index (χ4n) is 5.03. The van der Waals surface area contributed by atoms with Crippen LogP contribution < -0.4 is 9.62 Å². The van der Waals surface area contributed by atoms with Crippen molar-refractivity contribution in [2.75, 3.05) is 10.8 Å². The molecule has 0 bridgehead atoms. The molecule has 0 fully saturated rings. The third-order valence-corrected chi connectivity index (χ3v) is 10.0. The van der Waals surface area contributed by atoms with Crippen molar-refractivity contribution in [2.24, 2.45) is 0 Å². The monoisotopic (exact) mass is 699 g/mol. The SMILES string of the molecule is CC[C@H](C)NC(=O)[C@H](Cc1ccccc1)N(Cc1ccccc1)C(=O)CN(c1ccc(Cl)c(C(F)(F)F)c1)S(=O)(=O)c1ccc(C)cc1. The van der Waals surface area contributed by atoms with Gasteiger partial charge in [-0.3, -0.25) is 13.9 Å². The summed E-state index contributed by atoms with van der Waals surface area (Å²) in [4.78, 5) is 29.4. The van der Waals surface area contributed by atoms with Crippen molar-refractivity contribution in [2.45, 2.75) is 63.3 Å². The molecule has 0 unspecified atom stereocenters. The van der Waals surface area contributed by atoms with E-state index in [1.807, 2.05) is 32.0 Å². The number of carbonyl (C=O) groups is 2. The van der Waals surface area contributed by atoms with Crippen molar-refractivity contribution in [3.63, 3.8) is 0 Å². The zero-order valence-electron chi connectivity index (χ0n) is 26.7. The molecule has 0 spiro atoms. The van der Waals surface area contributed by atoms with Crippen LogP contribution >= 0.6 is 11.6 Å². The Bertz CT molecular complexity index is 1810. The van der Waals surface area contributed by atoms with Gasteiger partial charge in [-0.25, -0.2) is 8.42 Å². The van der Waals surface area contributed by atoms with Crippen LogP contribution in [0, 0.1) is 6.92 Å². The minimum absolute atomic E-state index is 0.0715. The first-order chi connectivity index (χ1) is 22.7. The van der Waals surface area contributed by atoms with E-state index in [1.54, 1.807) is 61.5 Å². The summed E-state index contributed by atoms with van der Waals surface area (Å²) in [5.41, 5.74) is 0.508. The number of alkyl halides is 3. The highest BCUT2D eigenvalue weighted by atomic mass is 35.5. The lowest BCUT2D eigenvalue weighted by atomic mass is 10.0. The Balaban J connectivity index is 1.86. The van der Waals surface area contributed by atoms with Crippen molar-refractivity contribution >= 4 is 39.1 Å². The number of nitrogens with one attached hydrogen (secondary N) is 1. The number of carbonyl (C=O) groups excluding carboxylic acids is 2. The summed E-state index contributed by atoms with van der Waals surface area (Å²) < 4.78 is 70.8. The molecule has 2 amide bonds. The van der Waals surface area contributed by atoms with E-state index >= 15 is 0 Å². The second kappa shape index (κ2) is 15.7. The van der Waals surface area contributed by atoms with Crippen molar-refractivity contribution in [1.82, 2.24) is 10.2 Å². The molecule has 0 radical (unpaired) electrons. The second-order valence-corrected chi connectivity index (χ2v) is 13.8. The van der Waals surface area contributed by atoms with Crippen LogP contribution in [0.3, 0.4) is 0 Å². The van der Waals surface area contributed by atoms with Crippen LogP contribution in [0.1, 0.15) is 42.5 Å². The van der Waals surface area contributed by atoms with Crippen LogP contribution in [0.25, 0.3) is 0 Å². The number of rotatable bonds is 13. The highest BCUT2D eigenvalue weighted by Gasteiger charge is 2.37. The largest absolute Gasteiger partial charge is 0.417 e. The van der Waals surface area contributed by atoms with Crippen LogP contribution in [0.4, 0.5) is 18.9 Å². The van der Waals surface area contributed by atoms with Gasteiger partial charge in [-0.2, -0.15) is 13.2 Å². The minimum Gasteiger partial charge on any atom is -0.352 e. The molecule has 0 saturated heterocycles. The molecule has 2 atom stereocenters. The molecule has 0 saturated carbocycles. The molecule has 4 aromatic rings. The van der Waals surface area contributed by atoms with Crippen LogP contribution in [0.5, 0.6) is 0 Å². The molecule has 12 heteroatoms. The van der Waals surface area contributed by atoms with E-state index in [9.17, 15) is 31.2 Å². The van der Waals surface area contributed by atoms with E-state index in [2.05, 4.69) is 5.32 Å². The van der Waals surface area contributed by atoms with Crippen LogP contribution in [0.2, 0.25) is 5.02 Å². The quantitative estimate of drug-likeness (QED) is 0.157. The second-order valence-electron chi connectivity index (χ2n) is 11.5. The van der Waals surface area contributed by atoms with E-state index in [0.29, 0.717) is 22.4 Å². The summed E-state index contributed by atoms with van der Waals surface area (Å²) >= 11 is 5.88. The smallest absolute Gasteiger partial charge is 0.352 e. The Hall–Kier alpha value is -4.35. The molecule has 0 aliphatic heterocycles. The molecular weight excluding hydrogens is 663 g/mol. The topological polar surface area (TPSA) is 86.8 Å². The Morgan fingerprint density at radius 1 is 0.875 bits per heavy atom. The maximum Gasteiger partial charge on any atom is 0.417 e. The van der Waals surface area contributed by atoms with Gasteiger partial charge < -0.3 is 10.2 Å². The molecule has 254 valence electrons. The molecule has 0 heterocycles. The molecule has 4 rings (SSSR count). The predicted molar refractivity (Wildman–Crippen MR) is 181 cm³/mol. The number of benzene rings is 4. The number of anilines is 1. The van der Waals surface area contributed by atoms with E-state index in [0.717, 1.165) is 23.3 Å². The average Bonchev–Trinajstić information content (AvgIpc) is 3.06. The van der Waals surface area contributed by atoms with Gasteiger partial charge in [0, 0.05) is 19.0 Å². The molecule has 7 nitrogen and oxygen atoms in total. The molecule has 4 aromatic carbocycles. The summed E-state index contributed by atoms with van der Waals surface area (Å²) in [6.45, 7) is 4.52. The Kier molecular flexibility index (Phi) is 11.9. The summed E-state index contributed by atoms with van der Waals surface area (Å²) in [6, 6.07) is 25.0. The van der Waals surface area contributed by atoms with Crippen molar-refractivity contribution < 1.29 is 31.2 Å². The van der Waals surface area contributed by atoms with Gasteiger partial charge in [0.1, 0.15) is 12.6 Å². The van der Waals surface area contributed by atoms with Gasteiger partial charge in [-0.05, 0) is 61.7 Å². The minimum atomic E-state index is -4.90. The standard InChI is InChI=1S/C36H37ClF3N3O4S/c1-4-26(3)41-35(45)33(21-27-11-7-5-8-12-27)42(23-28-13-9-6-10-14-28)34(44)24-43(48(46,47)30-18-15-25(2)16-19-30)29-17-20-32(37)31(22-29)36(38,39)40/h5-20,22,26,33H,4,21,23-24H2,1-3H3,(H,41,45)/t26-,33-/m0/s1. The normalized spacial score (nSPS) is 13.0. The average molecular weight is 700 g/mol. The fourth-order valence-corrected chi connectivity index (χ4v) is 6.66. The Morgan fingerprint density at radius 2 is 1.46 bits per heavy atom. The van der Waals surface area contributed by atoms with E-state index in [1.165, 1.54) is 17.0 Å². The van der Waals surface area contributed by atoms with Gasteiger partial charge in [-0.15, -0.1) is 0 Å². The molecule has 0 aliphatic rings. The van der Waals surface area contributed by atoms with E-state index in [4.69, 9.17) is 11.6 Å². The fraction of sp³-hybridized carbons (Fsp3) is 0.278. The van der Waals surface area contributed by atoms with Crippen molar-refractivity contribution in [1.29, 1.82) is 0 Å². The third kappa shape index (κ3) is 9.17. The lowest BCUT2D eigenvalue weighted by Gasteiger charge is -2.34.